The van der Waals surface area contributed by atoms with Crippen LogP contribution in [0.15, 0.2) is 85.2 Å². The Labute approximate surface area is 331 Å². The van der Waals surface area contributed by atoms with Gasteiger partial charge in [0.1, 0.15) is 35.4 Å². The number of aryl methyl sites for hydroxylation is 2. The van der Waals surface area contributed by atoms with Crippen molar-refractivity contribution in [2.24, 2.45) is 14.1 Å². The quantitative estimate of drug-likeness (QED) is 0.157. The fraction of sp³-hybridized carbons (Fsp3) is 0.216. The molecule has 6 rings (SSSR count). The van der Waals surface area contributed by atoms with E-state index in [1.54, 1.807) is 77.0 Å². The number of anilines is 2. The average molecular weight is 828 g/mol. The van der Waals surface area contributed by atoms with Gasteiger partial charge in [-0.3, -0.25) is 19.0 Å². The number of hydrogen-bond acceptors (Lipinski definition) is 7. The number of urea groups is 1. The molecule has 0 bridgehead atoms. The van der Waals surface area contributed by atoms with Crippen molar-refractivity contribution >= 4 is 74.7 Å². The van der Waals surface area contributed by atoms with Gasteiger partial charge in [0.05, 0.1) is 23.4 Å². The lowest BCUT2D eigenvalue weighted by molar-refractivity contribution is -0.120. The molecule has 0 unspecified atom stereocenters. The van der Waals surface area contributed by atoms with Crippen LogP contribution >= 0.6 is 13.5 Å². The monoisotopic (exact) mass is 827 g/mol. The number of likely N-dealkylation sites (N-methyl/N-ethyl adjacent to an activating group) is 2. The molecule has 0 saturated carbocycles. The number of nitrogens with zero attached hydrogens (tertiary/aromatic N) is 6. The van der Waals surface area contributed by atoms with E-state index < -0.39 is 76.2 Å². The van der Waals surface area contributed by atoms with Crippen molar-refractivity contribution in [3.8, 4) is 0 Å². The van der Waals surface area contributed by atoms with Gasteiger partial charge in [-0.15, -0.1) is 0 Å². The van der Waals surface area contributed by atoms with Gasteiger partial charge in [0.25, 0.3) is 0 Å². The Morgan fingerprint density at radius 2 is 1.07 bits per heavy atom. The molecule has 14 nitrogen and oxygen atoms in total. The fourth-order valence-corrected chi connectivity index (χ4v) is 7.20. The number of carbonyl (C=O) groups excluding carboxylic acids is 3. The number of carbonyl (C=O) groups is 3. The summed E-state index contributed by atoms with van der Waals surface area (Å²) in [5, 5.41) is 12.0. The molecule has 4 aromatic carbocycles. The third-order valence-corrected chi connectivity index (χ3v) is 10.1. The molecule has 3 N–H and O–H groups in total. The second-order valence-corrected chi connectivity index (χ2v) is 14.5. The molecule has 0 saturated heterocycles. The molecule has 2 atom stereocenters. The SMILES string of the molecule is CN(C(=O)[C@H](Cc1cc(F)cc(F)c1)NC(=O)NS(=O)(=O)N[C@@H](Cc1cc(F)cc(F)c1)C(=O)N(C)c1ccc2c(cnn2C)c1)c1ccc2c(cnn2C)c1.S. The van der Waals surface area contributed by atoms with E-state index in [4.69, 9.17) is 0 Å². The minimum atomic E-state index is -4.98. The van der Waals surface area contributed by atoms with Gasteiger partial charge >= 0.3 is 16.2 Å². The minimum Gasteiger partial charge on any atom is -0.325 e. The third-order valence-electron chi connectivity index (χ3n) is 9.05. The van der Waals surface area contributed by atoms with Crippen LogP contribution in [-0.2, 0) is 46.7 Å². The number of nitrogens with one attached hydrogen (secondary N) is 3. The molecule has 4 amide bonds. The zero-order valence-corrected chi connectivity index (χ0v) is 32.6. The predicted molar refractivity (Wildman–Crippen MR) is 210 cm³/mol. The summed E-state index contributed by atoms with van der Waals surface area (Å²) in [7, 11) is 1.24. The number of aromatic nitrogens is 4. The molecule has 0 radical (unpaired) electrons. The number of rotatable bonds is 12. The van der Waals surface area contributed by atoms with Crippen molar-refractivity contribution in [2.45, 2.75) is 24.9 Å². The summed E-state index contributed by atoms with van der Waals surface area (Å²) in [5.74, 6) is -5.49. The molecule has 57 heavy (non-hydrogen) atoms. The molecule has 300 valence electrons. The fourth-order valence-electron chi connectivity index (χ4n) is 6.28. The first-order valence-electron chi connectivity index (χ1n) is 16.9. The van der Waals surface area contributed by atoms with Crippen LogP contribution in [0.1, 0.15) is 11.1 Å². The highest BCUT2D eigenvalue weighted by Gasteiger charge is 2.32. The molecular weight excluding hydrogens is 791 g/mol. The van der Waals surface area contributed by atoms with Gasteiger partial charge in [0, 0.05) is 68.9 Å². The van der Waals surface area contributed by atoms with Crippen molar-refractivity contribution in [2.75, 3.05) is 23.9 Å². The van der Waals surface area contributed by atoms with Gasteiger partial charge in [-0.1, -0.05) is 0 Å². The van der Waals surface area contributed by atoms with E-state index >= 15 is 0 Å². The second-order valence-electron chi connectivity index (χ2n) is 13.1. The van der Waals surface area contributed by atoms with Crippen molar-refractivity contribution in [1.82, 2.24) is 34.3 Å². The molecule has 0 spiro atoms. The smallest absolute Gasteiger partial charge is 0.325 e. The summed E-state index contributed by atoms with van der Waals surface area (Å²) in [4.78, 5) is 43.4. The van der Waals surface area contributed by atoms with Crippen molar-refractivity contribution in [3.63, 3.8) is 0 Å². The first-order chi connectivity index (χ1) is 26.5. The lowest BCUT2D eigenvalue weighted by atomic mass is 10.0. The number of halogens is 4. The maximum absolute atomic E-state index is 14.2. The predicted octanol–water partition coefficient (Wildman–Crippen LogP) is 4.11. The van der Waals surface area contributed by atoms with Crippen molar-refractivity contribution in [1.29, 1.82) is 0 Å². The summed E-state index contributed by atoms with van der Waals surface area (Å²) in [6.45, 7) is 0. The van der Waals surface area contributed by atoms with Crippen LogP contribution in [0, 0.1) is 23.3 Å². The van der Waals surface area contributed by atoms with Crippen LogP contribution in [0.5, 0.6) is 0 Å². The van der Waals surface area contributed by atoms with Crippen LogP contribution in [-0.4, -0.2) is 72.0 Å². The summed E-state index contributed by atoms with van der Waals surface area (Å²) in [6.07, 6.45) is 2.13. The van der Waals surface area contributed by atoms with Crippen LogP contribution < -0.4 is 24.6 Å². The molecule has 0 aliphatic carbocycles. The first-order valence-corrected chi connectivity index (χ1v) is 18.3. The normalized spacial score (nSPS) is 12.5. The van der Waals surface area contributed by atoms with Gasteiger partial charge in [0.15, 0.2) is 0 Å². The van der Waals surface area contributed by atoms with Crippen LogP contribution in [0.2, 0.25) is 0 Å². The van der Waals surface area contributed by atoms with Gasteiger partial charge in [-0.2, -0.15) is 36.8 Å². The van der Waals surface area contributed by atoms with Gasteiger partial charge < -0.3 is 15.1 Å². The first kappa shape index (κ1) is 42.2. The maximum Gasteiger partial charge on any atom is 0.330 e. The third kappa shape index (κ3) is 9.88. The number of fused-ring (bicyclic) bond motifs is 2. The van der Waals surface area contributed by atoms with Crippen molar-refractivity contribution in [3.05, 3.63) is 120 Å². The van der Waals surface area contributed by atoms with E-state index in [-0.39, 0.29) is 24.6 Å². The summed E-state index contributed by atoms with van der Waals surface area (Å²) < 4.78 is 90.6. The topological polar surface area (TPSA) is 164 Å². The zero-order valence-electron chi connectivity index (χ0n) is 30.8. The Morgan fingerprint density at radius 1 is 0.667 bits per heavy atom. The summed E-state index contributed by atoms with van der Waals surface area (Å²) in [6, 6.07) is 10.1. The molecule has 2 aromatic heterocycles. The highest BCUT2D eigenvalue weighted by Crippen LogP contribution is 2.24. The minimum absolute atomic E-state index is 0. The average Bonchev–Trinajstić information content (AvgIpc) is 3.69. The summed E-state index contributed by atoms with van der Waals surface area (Å²) in [5.41, 5.74) is 2.10. The Morgan fingerprint density at radius 3 is 1.51 bits per heavy atom. The van der Waals surface area contributed by atoms with Crippen LogP contribution in [0.3, 0.4) is 0 Å². The molecule has 0 aliphatic rings. The molecule has 6 aromatic rings. The Balaban J connectivity index is 0.00000620. The molecule has 20 heteroatoms. The highest BCUT2D eigenvalue weighted by atomic mass is 32.2. The molecule has 0 fully saturated rings. The van der Waals surface area contributed by atoms with E-state index in [1.165, 1.54) is 19.0 Å². The van der Waals surface area contributed by atoms with Crippen LogP contribution in [0.4, 0.5) is 33.7 Å². The zero-order chi connectivity index (χ0) is 40.5. The molecular formula is C37H37F4N9O5S2. The number of benzene rings is 4. The number of hydrogen-bond donors (Lipinski definition) is 3. The van der Waals surface area contributed by atoms with Gasteiger partial charge in [0.2, 0.25) is 11.8 Å². The Hall–Kier alpha value is -5.99. The lowest BCUT2D eigenvalue weighted by Crippen LogP contribution is -2.57. The lowest BCUT2D eigenvalue weighted by Gasteiger charge is -2.26. The van der Waals surface area contributed by atoms with E-state index in [2.05, 4.69) is 20.2 Å². The maximum atomic E-state index is 14.2. The van der Waals surface area contributed by atoms with Gasteiger partial charge in [-0.05, 0) is 78.2 Å². The van der Waals surface area contributed by atoms with E-state index in [9.17, 15) is 40.4 Å². The molecule has 2 heterocycles. The Kier molecular flexibility index (Phi) is 12.6. The second kappa shape index (κ2) is 17.0. The van der Waals surface area contributed by atoms with E-state index in [0.717, 1.165) is 40.2 Å². The summed E-state index contributed by atoms with van der Waals surface area (Å²) >= 11 is 0. The van der Waals surface area contributed by atoms with E-state index in [0.29, 0.717) is 34.3 Å². The van der Waals surface area contributed by atoms with Crippen LogP contribution in [0.25, 0.3) is 21.8 Å². The van der Waals surface area contributed by atoms with E-state index in [1.807, 2.05) is 0 Å². The van der Waals surface area contributed by atoms with Crippen molar-refractivity contribution < 1.29 is 40.4 Å². The highest BCUT2D eigenvalue weighted by molar-refractivity contribution is 7.88. The number of amides is 4. The largest absolute Gasteiger partial charge is 0.330 e. The van der Waals surface area contributed by atoms with Gasteiger partial charge in [-0.25, -0.2) is 27.1 Å². The standard InChI is InChI=1S/C37H35F4N9O5S.H2S/c1-47(29-5-7-33-23(15-29)19-42-49(33)3)35(51)31(13-21-9-25(38)17-26(39)10-21)44-37(53)46-56(54,55)45-32(14-22-11-27(40)18-28(41)12-22)36(52)48(2)30-6-8-34-24(16-30)20-43-50(34)4;/h5-12,15-20,31-32,45H,13-14H2,1-4H3,(H2,44,46,53);1H2/t31-,32-;/m0./s1. The molecule has 0 aliphatic heterocycles. The Bertz CT molecular complexity index is 2560.